The van der Waals surface area contributed by atoms with Gasteiger partial charge in [-0.2, -0.15) is 0 Å². The third kappa shape index (κ3) is 1.96. The van der Waals surface area contributed by atoms with Gasteiger partial charge in [-0.15, -0.1) is 0 Å². The van der Waals surface area contributed by atoms with Gasteiger partial charge in [0.25, 0.3) is 0 Å². The summed E-state index contributed by atoms with van der Waals surface area (Å²) in [6, 6.07) is 9.46. The molecule has 0 radical (unpaired) electrons. The van der Waals surface area contributed by atoms with Crippen molar-refractivity contribution in [2.24, 2.45) is 5.73 Å². The molecule has 1 aliphatic heterocycles. The Morgan fingerprint density at radius 1 is 1.33 bits per heavy atom. The first-order chi connectivity index (χ1) is 8.78. The third-order valence-corrected chi connectivity index (χ3v) is 3.41. The van der Waals surface area contributed by atoms with Crippen molar-refractivity contribution in [3.05, 3.63) is 52.8 Å². The number of nitrogens with two attached hydrogens (primary N) is 1. The molecule has 18 heavy (non-hydrogen) atoms. The molecule has 2 N–H and O–H groups in total. The van der Waals surface area contributed by atoms with E-state index < -0.39 is 0 Å². The van der Waals surface area contributed by atoms with Crippen LogP contribution in [0.2, 0.25) is 5.02 Å². The molecule has 0 amide bonds. The first-order valence-corrected chi connectivity index (χ1v) is 6.27. The number of nitrogens with zero attached hydrogens (tertiary/aromatic N) is 1. The fourth-order valence-electron chi connectivity index (χ4n) is 2.28. The second-order valence-corrected chi connectivity index (χ2v) is 4.81. The van der Waals surface area contributed by atoms with E-state index in [2.05, 4.69) is 4.98 Å². The Kier molecular flexibility index (Phi) is 2.94. The molecule has 2 aromatic rings. The van der Waals surface area contributed by atoms with Crippen LogP contribution in [0.3, 0.4) is 0 Å². The number of hydrogen-bond donors (Lipinski definition) is 1. The summed E-state index contributed by atoms with van der Waals surface area (Å²) in [5.41, 5.74) is 7.86. The zero-order chi connectivity index (χ0) is 12.5. The summed E-state index contributed by atoms with van der Waals surface area (Å²) >= 11 is 6.03. The number of halogens is 1. The quantitative estimate of drug-likeness (QED) is 0.857. The summed E-state index contributed by atoms with van der Waals surface area (Å²) in [5, 5.41) is 0.715. The van der Waals surface area contributed by atoms with E-state index in [1.54, 1.807) is 6.20 Å². The lowest BCUT2D eigenvalue weighted by Crippen LogP contribution is -2.15. The maximum atomic E-state index is 6.03. The van der Waals surface area contributed by atoms with Gasteiger partial charge in [-0.3, -0.25) is 4.98 Å². The topological polar surface area (TPSA) is 48.1 Å². The first-order valence-electron chi connectivity index (χ1n) is 5.89. The number of aromatic nitrogens is 1. The number of hydrogen-bond acceptors (Lipinski definition) is 3. The molecule has 0 saturated heterocycles. The van der Waals surface area contributed by atoms with E-state index in [0.717, 1.165) is 29.2 Å². The molecule has 0 aliphatic carbocycles. The Hall–Kier alpha value is -1.58. The molecule has 0 unspecified atom stereocenters. The Balaban J connectivity index is 2.13. The minimum Gasteiger partial charge on any atom is -0.455 e. The van der Waals surface area contributed by atoms with E-state index in [0.29, 0.717) is 11.6 Å². The van der Waals surface area contributed by atoms with Crippen LogP contribution in [0.1, 0.15) is 17.2 Å². The predicted molar refractivity (Wildman–Crippen MR) is 71.3 cm³/mol. The van der Waals surface area contributed by atoms with Gasteiger partial charge in [0, 0.05) is 23.7 Å². The van der Waals surface area contributed by atoms with Gasteiger partial charge in [0.05, 0.1) is 5.69 Å². The minimum atomic E-state index is 0.168. The molecule has 3 rings (SSSR count). The molecule has 3 nitrogen and oxygen atoms in total. The van der Waals surface area contributed by atoms with Gasteiger partial charge in [-0.05, 0) is 42.3 Å². The van der Waals surface area contributed by atoms with Crippen LogP contribution in [0.5, 0.6) is 11.5 Å². The third-order valence-electron chi connectivity index (χ3n) is 3.18. The zero-order valence-corrected chi connectivity index (χ0v) is 10.5. The zero-order valence-electron chi connectivity index (χ0n) is 9.77. The van der Waals surface area contributed by atoms with E-state index in [-0.39, 0.29) is 5.92 Å². The smallest absolute Gasteiger partial charge is 0.149 e. The lowest BCUT2D eigenvalue weighted by atomic mass is 9.96. The van der Waals surface area contributed by atoms with Crippen LogP contribution in [-0.4, -0.2) is 11.5 Å². The van der Waals surface area contributed by atoms with Gasteiger partial charge in [0.1, 0.15) is 11.5 Å². The van der Waals surface area contributed by atoms with Gasteiger partial charge in [-0.25, -0.2) is 0 Å². The predicted octanol–water partition coefficient (Wildman–Crippen LogP) is 3.13. The molecule has 1 atom stereocenters. The van der Waals surface area contributed by atoms with Crippen molar-refractivity contribution in [2.75, 3.05) is 6.54 Å². The summed E-state index contributed by atoms with van der Waals surface area (Å²) in [6.45, 7) is 0.541. The number of fused-ring (bicyclic) bond motifs is 2. The molecular formula is C14H13ClN2O. The second-order valence-electron chi connectivity index (χ2n) is 4.38. The number of ether oxygens (including phenoxy) is 1. The molecule has 4 heteroatoms. The molecule has 0 bridgehead atoms. The van der Waals surface area contributed by atoms with E-state index in [1.807, 2.05) is 30.3 Å². The lowest BCUT2D eigenvalue weighted by molar-refractivity contribution is 0.474. The van der Waals surface area contributed by atoms with E-state index >= 15 is 0 Å². The van der Waals surface area contributed by atoms with Crippen molar-refractivity contribution >= 4 is 11.6 Å². The highest BCUT2D eigenvalue weighted by molar-refractivity contribution is 6.30. The van der Waals surface area contributed by atoms with Crippen LogP contribution < -0.4 is 10.5 Å². The molecule has 1 aliphatic rings. The molecule has 1 aromatic carbocycles. The molecule has 0 saturated carbocycles. The molecule has 92 valence electrons. The Morgan fingerprint density at radius 3 is 3.06 bits per heavy atom. The summed E-state index contributed by atoms with van der Waals surface area (Å²) in [7, 11) is 0. The standard InChI is InChI=1S/C14H13ClN2O/c15-11-3-4-12-9(7-11)6-10(8-16)14-13(18-12)2-1-5-17-14/h1-5,7,10H,6,8,16H2/t10-/m0/s1. The fraction of sp³-hybridized carbons (Fsp3) is 0.214. The Morgan fingerprint density at radius 2 is 2.22 bits per heavy atom. The van der Waals surface area contributed by atoms with Gasteiger partial charge >= 0.3 is 0 Å². The Bertz CT molecular complexity index is 586. The lowest BCUT2D eigenvalue weighted by Gasteiger charge is -2.12. The van der Waals surface area contributed by atoms with Crippen LogP contribution in [-0.2, 0) is 6.42 Å². The van der Waals surface area contributed by atoms with Crippen LogP contribution in [0, 0.1) is 0 Å². The summed E-state index contributed by atoms with van der Waals surface area (Å²) < 4.78 is 5.91. The normalized spacial score (nSPS) is 17.3. The van der Waals surface area contributed by atoms with E-state index in [4.69, 9.17) is 22.1 Å². The average molecular weight is 261 g/mol. The van der Waals surface area contributed by atoms with Crippen molar-refractivity contribution in [2.45, 2.75) is 12.3 Å². The maximum Gasteiger partial charge on any atom is 0.149 e. The maximum absolute atomic E-state index is 6.03. The van der Waals surface area contributed by atoms with Crippen molar-refractivity contribution < 1.29 is 4.74 Å². The van der Waals surface area contributed by atoms with Crippen molar-refractivity contribution in [3.63, 3.8) is 0 Å². The minimum absolute atomic E-state index is 0.168. The largest absolute Gasteiger partial charge is 0.455 e. The second kappa shape index (κ2) is 4.59. The molecule has 1 aromatic heterocycles. The highest BCUT2D eigenvalue weighted by Gasteiger charge is 2.23. The van der Waals surface area contributed by atoms with E-state index in [9.17, 15) is 0 Å². The number of benzene rings is 1. The van der Waals surface area contributed by atoms with Crippen LogP contribution in [0.4, 0.5) is 0 Å². The van der Waals surface area contributed by atoms with Crippen LogP contribution in [0.25, 0.3) is 0 Å². The summed E-state index contributed by atoms with van der Waals surface area (Å²) in [6.07, 6.45) is 2.57. The van der Waals surface area contributed by atoms with Crippen LogP contribution in [0.15, 0.2) is 36.5 Å². The van der Waals surface area contributed by atoms with Crippen molar-refractivity contribution in [3.8, 4) is 11.5 Å². The highest BCUT2D eigenvalue weighted by Crippen LogP contribution is 2.38. The number of pyridine rings is 1. The molecule has 0 spiro atoms. The monoisotopic (exact) mass is 260 g/mol. The van der Waals surface area contributed by atoms with Gasteiger partial charge in [0.2, 0.25) is 0 Å². The van der Waals surface area contributed by atoms with Crippen molar-refractivity contribution in [1.29, 1.82) is 0 Å². The molecule has 2 heterocycles. The van der Waals surface area contributed by atoms with Crippen molar-refractivity contribution in [1.82, 2.24) is 4.98 Å². The SMILES string of the molecule is NC[C@@H]1Cc2cc(Cl)ccc2Oc2cccnc21. The van der Waals surface area contributed by atoms with Gasteiger partial charge < -0.3 is 10.5 Å². The molecular weight excluding hydrogens is 248 g/mol. The Labute approximate surface area is 111 Å². The van der Waals surface area contributed by atoms with Crippen LogP contribution >= 0.6 is 11.6 Å². The highest BCUT2D eigenvalue weighted by atomic mass is 35.5. The summed E-state index contributed by atoms with van der Waals surface area (Å²) in [5.74, 6) is 1.79. The average Bonchev–Trinajstić information content (AvgIpc) is 2.54. The fourth-order valence-corrected chi connectivity index (χ4v) is 2.47. The van der Waals surface area contributed by atoms with Gasteiger partial charge in [0.15, 0.2) is 0 Å². The molecule has 0 fully saturated rings. The van der Waals surface area contributed by atoms with E-state index in [1.165, 1.54) is 0 Å². The first kappa shape index (κ1) is 11.5. The number of rotatable bonds is 1. The summed E-state index contributed by atoms with van der Waals surface area (Å²) in [4.78, 5) is 4.40. The van der Waals surface area contributed by atoms with Gasteiger partial charge in [-0.1, -0.05) is 11.6 Å².